The Kier molecular flexibility index (Phi) is 7.23. The summed E-state index contributed by atoms with van der Waals surface area (Å²) < 4.78 is 4.63. The van der Waals surface area contributed by atoms with E-state index in [1.807, 2.05) is 0 Å². The van der Waals surface area contributed by atoms with Crippen LogP contribution in [0.5, 0.6) is 0 Å². The Balaban J connectivity index is 3.96. The monoisotopic (exact) mass is 188 g/mol. The molecule has 0 unspecified atom stereocenters. The Labute approximate surface area is 85.0 Å². The highest BCUT2D eigenvalue weighted by Gasteiger charge is 2.06. The van der Waals surface area contributed by atoms with E-state index in [1.165, 1.54) is 7.48 Å². The van der Waals surface area contributed by atoms with E-state index in [-0.39, 0.29) is 0 Å². The summed E-state index contributed by atoms with van der Waals surface area (Å²) in [7, 11) is 2.07. The van der Waals surface area contributed by atoms with E-state index in [1.54, 1.807) is 31.2 Å². The predicted molar refractivity (Wildman–Crippen MR) is 57.8 cm³/mol. The van der Waals surface area contributed by atoms with E-state index in [9.17, 15) is 9.59 Å². The average molecular weight is 188 g/mol. The molecule has 3 nitrogen and oxygen atoms in total. The van der Waals surface area contributed by atoms with E-state index >= 15 is 0 Å². The fraction of sp³-hybridized carbons (Fsp3) is 0.111. The lowest BCUT2D eigenvalue weighted by Crippen LogP contribution is -2.16. The number of allylic oxidation sites excluding steroid dienone is 5. The molecule has 0 aliphatic carbocycles. The average Bonchev–Trinajstić information content (AvgIpc) is 2.19. The van der Waals surface area contributed by atoms with Crippen molar-refractivity contribution >= 4 is 26.8 Å². The van der Waals surface area contributed by atoms with Gasteiger partial charge in [0.1, 0.15) is 0 Å². The standard InChI is InChI=1S/C9H10B2O3/c1-3-5-6-8(4-2)11-14-9(13)10-7-12/h3-7H,1H2,2H3/b6-5-,8-4+. The molecule has 0 bridgehead atoms. The highest BCUT2D eigenvalue weighted by molar-refractivity contribution is 6.92. The van der Waals surface area contributed by atoms with Crippen molar-refractivity contribution in [3.8, 4) is 0 Å². The maximum absolute atomic E-state index is 10.7. The maximum atomic E-state index is 10.7. The summed E-state index contributed by atoms with van der Waals surface area (Å²) in [6.45, 7) is 5.31. The molecule has 0 aliphatic heterocycles. The van der Waals surface area contributed by atoms with Crippen LogP contribution in [0.4, 0.5) is 4.79 Å². The number of rotatable bonds is 6. The fourth-order valence-electron chi connectivity index (χ4n) is 0.604. The molecule has 0 fully saturated rings. The summed E-state index contributed by atoms with van der Waals surface area (Å²) in [5.74, 6) is -0.689. The Morgan fingerprint density at radius 2 is 2.21 bits per heavy atom. The van der Waals surface area contributed by atoms with Gasteiger partial charge in [0, 0.05) is 0 Å². The lowest BCUT2D eigenvalue weighted by Gasteiger charge is -2.00. The molecule has 0 aromatic heterocycles. The highest BCUT2D eigenvalue weighted by atomic mass is 16.5. The normalized spacial score (nSPS) is 10.8. The van der Waals surface area contributed by atoms with Crippen LogP contribution in [-0.4, -0.2) is 26.8 Å². The molecule has 0 atom stereocenters. The SMILES string of the molecule is C=C/C=C\C([B]OC(=O)[B]C=O)=C/C. The second-order valence-corrected chi connectivity index (χ2v) is 2.24. The molecule has 0 aromatic rings. The van der Waals surface area contributed by atoms with E-state index < -0.39 is 5.87 Å². The summed E-state index contributed by atoms with van der Waals surface area (Å²) in [5.41, 5.74) is 0.720. The minimum absolute atomic E-state index is 0.380. The summed E-state index contributed by atoms with van der Waals surface area (Å²) >= 11 is 0. The van der Waals surface area contributed by atoms with Gasteiger partial charge in [-0.05, 0) is 12.4 Å². The molecule has 0 N–H and O–H groups in total. The minimum Gasteiger partial charge on any atom is -0.541 e. The summed E-state index contributed by atoms with van der Waals surface area (Å²) in [6, 6.07) is 0. The zero-order chi connectivity index (χ0) is 10.8. The van der Waals surface area contributed by atoms with E-state index in [0.717, 1.165) is 12.8 Å². The van der Waals surface area contributed by atoms with Crippen molar-refractivity contribution in [1.29, 1.82) is 0 Å². The number of carbonyl (C=O) groups excluding carboxylic acids is 2. The molecular formula is C9H10B2O3. The van der Waals surface area contributed by atoms with Gasteiger partial charge in [0.2, 0.25) is 5.87 Å². The van der Waals surface area contributed by atoms with Crippen molar-refractivity contribution in [3.63, 3.8) is 0 Å². The van der Waals surface area contributed by atoms with Crippen molar-refractivity contribution in [2.45, 2.75) is 6.92 Å². The van der Waals surface area contributed by atoms with Crippen LogP contribution in [0, 0.1) is 0 Å². The molecule has 5 heteroatoms. The lowest BCUT2D eigenvalue weighted by atomic mass is 9.79. The number of hydrogen-bond acceptors (Lipinski definition) is 3. The molecule has 0 saturated carbocycles. The van der Waals surface area contributed by atoms with Crippen LogP contribution in [0.1, 0.15) is 6.92 Å². The summed E-state index contributed by atoms with van der Waals surface area (Å²) in [4.78, 5) is 20.6. The van der Waals surface area contributed by atoms with E-state index in [2.05, 4.69) is 11.2 Å². The third kappa shape index (κ3) is 6.06. The van der Waals surface area contributed by atoms with Crippen LogP contribution in [0.3, 0.4) is 0 Å². The molecule has 0 rings (SSSR count). The first-order valence-corrected chi connectivity index (χ1v) is 4.02. The van der Waals surface area contributed by atoms with Crippen LogP contribution in [0.15, 0.2) is 36.4 Å². The van der Waals surface area contributed by atoms with Gasteiger partial charge in [0.15, 0.2) is 0 Å². The maximum Gasteiger partial charge on any atom is 0.410 e. The Morgan fingerprint density at radius 3 is 2.71 bits per heavy atom. The first-order valence-electron chi connectivity index (χ1n) is 4.02. The van der Waals surface area contributed by atoms with Gasteiger partial charge in [0.25, 0.3) is 0 Å². The third-order valence-electron chi connectivity index (χ3n) is 1.27. The molecule has 2 radical (unpaired) electrons. The predicted octanol–water partition coefficient (Wildman–Crippen LogP) is 1.28. The van der Waals surface area contributed by atoms with Crippen LogP contribution in [0.25, 0.3) is 0 Å². The van der Waals surface area contributed by atoms with Gasteiger partial charge in [-0.2, -0.15) is 0 Å². The van der Waals surface area contributed by atoms with Crippen molar-refractivity contribution in [3.05, 3.63) is 36.4 Å². The van der Waals surface area contributed by atoms with Gasteiger partial charge in [-0.15, -0.1) is 0 Å². The molecular weight excluding hydrogens is 178 g/mol. The second-order valence-electron chi connectivity index (χ2n) is 2.24. The molecule has 0 saturated heterocycles. The van der Waals surface area contributed by atoms with Crippen molar-refractivity contribution in [2.75, 3.05) is 0 Å². The summed E-state index contributed by atoms with van der Waals surface area (Å²) in [6.07, 6.45) is 7.18. The molecule has 0 amide bonds. The first kappa shape index (κ1) is 12.5. The fourth-order valence-corrected chi connectivity index (χ4v) is 0.604. The second kappa shape index (κ2) is 8.10. The van der Waals surface area contributed by atoms with Crippen molar-refractivity contribution < 1.29 is 14.2 Å². The van der Waals surface area contributed by atoms with Gasteiger partial charge < -0.3 is 9.45 Å². The lowest BCUT2D eigenvalue weighted by molar-refractivity contribution is 0.228. The van der Waals surface area contributed by atoms with Crippen LogP contribution in [0.2, 0.25) is 0 Å². The molecule has 70 valence electrons. The zero-order valence-electron chi connectivity index (χ0n) is 7.97. The Hall–Kier alpha value is -1.51. The van der Waals surface area contributed by atoms with Gasteiger partial charge in [0.05, 0.1) is 6.19 Å². The van der Waals surface area contributed by atoms with Crippen LogP contribution in [-0.2, 0) is 9.45 Å². The van der Waals surface area contributed by atoms with Crippen molar-refractivity contribution in [2.24, 2.45) is 0 Å². The van der Waals surface area contributed by atoms with Crippen LogP contribution < -0.4 is 0 Å². The van der Waals surface area contributed by atoms with Gasteiger partial charge in [-0.1, -0.05) is 30.9 Å². The largest absolute Gasteiger partial charge is 0.541 e. The van der Waals surface area contributed by atoms with E-state index in [0.29, 0.717) is 6.19 Å². The van der Waals surface area contributed by atoms with Crippen molar-refractivity contribution in [1.82, 2.24) is 0 Å². The van der Waals surface area contributed by atoms with Gasteiger partial charge >= 0.3 is 14.8 Å². The number of carbonyl (C=O) groups is 2. The highest BCUT2D eigenvalue weighted by Crippen LogP contribution is 1.95. The quantitative estimate of drug-likeness (QED) is 0.358. The Morgan fingerprint density at radius 1 is 1.50 bits per heavy atom. The Bertz CT molecular complexity index is 269. The molecule has 0 aromatic carbocycles. The van der Waals surface area contributed by atoms with Gasteiger partial charge in [-0.3, -0.25) is 4.79 Å². The zero-order valence-corrected chi connectivity index (χ0v) is 7.97. The first-order chi connectivity index (χ1) is 6.74. The molecule has 0 spiro atoms. The van der Waals surface area contributed by atoms with Crippen LogP contribution >= 0.6 is 0 Å². The molecule has 0 heterocycles. The topological polar surface area (TPSA) is 43.4 Å². The molecule has 0 aliphatic rings. The smallest absolute Gasteiger partial charge is 0.410 e. The van der Waals surface area contributed by atoms with Gasteiger partial charge in [-0.25, -0.2) is 0 Å². The minimum atomic E-state index is -0.689. The summed E-state index contributed by atoms with van der Waals surface area (Å²) in [5, 5.41) is 0. The number of hydrogen-bond donors (Lipinski definition) is 0. The van der Waals surface area contributed by atoms with E-state index in [4.69, 9.17) is 0 Å². The third-order valence-corrected chi connectivity index (χ3v) is 1.27. The molecule has 14 heavy (non-hydrogen) atoms.